The van der Waals surface area contributed by atoms with Gasteiger partial charge in [0.15, 0.2) is 11.5 Å². The molecule has 0 aliphatic carbocycles. The number of esters is 1. The summed E-state index contributed by atoms with van der Waals surface area (Å²) in [4.78, 5) is 18.7. The predicted molar refractivity (Wildman–Crippen MR) is 88.3 cm³/mol. The van der Waals surface area contributed by atoms with E-state index in [0.717, 1.165) is 42.9 Å². The number of likely N-dealkylation sites (tertiary alicyclic amines) is 1. The van der Waals surface area contributed by atoms with Gasteiger partial charge in [0.1, 0.15) is 11.1 Å². The van der Waals surface area contributed by atoms with E-state index in [1.807, 2.05) is 45.0 Å². The molecule has 0 bridgehead atoms. The Bertz CT molecular complexity index is 654. The van der Waals surface area contributed by atoms with Crippen molar-refractivity contribution in [2.75, 3.05) is 19.6 Å². The third-order valence-corrected chi connectivity index (χ3v) is 3.94. The second-order valence-corrected chi connectivity index (χ2v) is 7.18. The predicted octanol–water partition coefficient (Wildman–Crippen LogP) is 3.35. The number of fused-ring (bicyclic) bond motifs is 1. The summed E-state index contributed by atoms with van der Waals surface area (Å²) in [6.45, 7) is 7.70. The van der Waals surface area contributed by atoms with Gasteiger partial charge in [-0.2, -0.15) is 0 Å². The molecule has 1 atom stereocenters. The summed E-state index contributed by atoms with van der Waals surface area (Å²) in [7, 11) is 0. The summed E-state index contributed by atoms with van der Waals surface area (Å²) in [5.74, 6) is 0.842. The van der Waals surface area contributed by atoms with Gasteiger partial charge in [-0.1, -0.05) is 12.1 Å². The molecule has 23 heavy (non-hydrogen) atoms. The lowest BCUT2D eigenvalue weighted by Gasteiger charge is -2.31. The number of para-hydroxylation sites is 2. The van der Waals surface area contributed by atoms with Gasteiger partial charge < -0.3 is 9.15 Å². The van der Waals surface area contributed by atoms with Crippen LogP contribution >= 0.6 is 0 Å². The SMILES string of the molecule is CC(C)(C)OC(=O)CN1CCCC(c2nc3ccccc3o2)C1. The summed E-state index contributed by atoms with van der Waals surface area (Å²) < 4.78 is 11.3. The molecule has 124 valence electrons. The van der Waals surface area contributed by atoms with E-state index in [4.69, 9.17) is 9.15 Å². The fraction of sp³-hybridized carbons (Fsp3) is 0.556. The zero-order valence-corrected chi connectivity index (χ0v) is 14.0. The van der Waals surface area contributed by atoms with Gasteiger partial charge in [0.05, 0.1) is 6.54 Å². The summed E-state index contributed by atoms with van der Waals surface area (Å²) in [6, 6.07) is 7.81. The number of piperidine rings is 1. The molecule has 5 heteroatoms. The Kier molecular flexibility index (Phi) is 4.39. The Labute approximate surface area is 136 Å². The van der Waals surface area contributed by atoms with Crippen LogP contribution < -0.4 is 0 Å². The summed E-state index contributed by atoms with van der Waals surface area (Å²) in [5.41, 5.74) is 1.28. The van der Waals surface area contributed by atoms with Gasteiger partial charge in [0.25, 0.3) is 0 Å². The van der Waals surface area contributed by atoms with Crippen molar-refractivity contribution in [3.05, 3.63) is 30.2 Å². The highest BCUT2D eigenvalue weighted by molar-refractivity contribution is 5.72. The second-order valence-electron chi connectivity index (χ2n) is 7.18. The lowest BCUT2D eigenvalue weighted by molar-refractivity contribution is -0.156. The first-order valence-electron chi connectivity index (χ1n) is 8.20. The van der Waals surface area contributed by atoms with Gasteiger partial charge in [0, 0.05) is 12.5 Å². The summed E-state index contributed by atoms with van der Waals surface area (Å²) in [6.07, 6.45) is 2.07. The maximum atomic E-state index is 12.0. The first-order valence-corrected chi connectivity index (χ1v) is 8.20. The first kappa shape index (κ1) is 16.0. The first-order chi connectivity index (χ1) is 10.9. The molecule has 0 saturated carbocycles. The quantitative estimate of drug-likeness (QED) is 0.813. The molecule has 0 radical (unpaired) electrons. The monoisotopic (exact) mass is 316 g/mol. The average molecular weight is 316 g/mol. The fourth-order valence-corrected chi connectivity index (χ4v) is 3.02. The van der Waals surface area contributed by atoms with Crippen molar-refractivity contribution in [1.29, 1.82) is 0 Å². The van der Waals surface area contributed by atoms with Gasteiger partial charge in [0.2, 0.25) is 0 Å². The summed E-state index contributed by atoms with van der Waals surface area (Å²) >= 11 is 0. The van der Waals surface area contributed by atoms with Gasteiger partial charge in [-0.3, -0.25) is 9.69 Å². The smallest absolute Gasteiger partial charge is 0.320 e. The molecule has 0 spiro atoms. The van der Waals surface area contributed by atoms with Gasteiger partial charge in [-0.05, 0) is 52.3 Å². The van der Waals surface area contributed by atoms with Crippen molar-refractivity contribution in [1.82, 2.24) is 9.88 Å². The molecule has 1 saturated heterocycles. The van der Waals surface area contributed by atoms with Crippen LogP contribution in [0.1, 0.15) is 45.4 Å². The van der Waals surface area contributed by atoms with Crippen molar-refractivity contribution in [2.24, 2.45) is 0 Å². The number of ether oxygens (including phenoxy) is 1. The highest BCUT2D eigenvalue weighted by Crippen LogP contribution is 2.28. The molecule has 5 nitrogen and oxygen atoms in total. The van der Waals surface area contributed by atoms with Gasteiger partial charge in [-0.25, -0.2) is 4.98 Å². The Morgan fingerprint density at radius 1 is 1.39 bits per heavy atom. The Hall–Kier alpha value is -1.88. The Morgan fingerprint density at radius 2 is 2.17 bits per heavy atom. The van der Waals surface area contributed by atoms with E-state index < -0.39 is 5.60 Å². The topological polar surface area (TPSA) is 55.6 Å². The van der Waals surface area contributed by atoms with Crippen molar-refractivity contribution in [2.45, 2.75) is 45.1 Å². The van der Waals surface area contributed by atoms with Crippen LogP contribution in [0.5, 0.6) is 0 Å². The van der Waals surface area contributed by atoms with Crippen LogP contribution in [0.15, 0.2) is 28.7 Å². The lowest BCUT2D eigenvalue weighted by atomic mass is 9.98. The van der Waals surface area contributed by atoms with Crippen LogP contribution in [0.25, 0.3) is 11.1 Å². The molecule has 0 N–H and O–H groups in total. The largest absolute Gasteiger partial charge is 0.459 e. The Balaban J connectivity index is 1.65. The van der Waals surface area contributed by atoms with E-state index in [1.165, 1.54) is 0 Å². The molecule has 1 aliphatic heterocycles. The van der Waals surface area contributed by atoms with Crippen molar-refractivity contribution in [3.63, 3.8) is 0 Å². The van der Waals surface area contributed by atoms with Crippen LogP contribution in [-0.4, -0.2) is 41.1 Å². The lowest BCUT2D eigenvalue weighted by Crippen LogP contribution is -2.40. The van der Waals surface area contributed by atoms with Gasteiger partial charge >= 0.3 is 5.97 Å². The van der Waals surface area contributed by atoms with Gasteiger partial charge in [-0.15, -0.1) is 0 Å². The van der Waals surface area contributed by atoms with E-state index in [1.54, 1.807) is 0 Å². The molecule has 1 unspecified atom stereocenters. The number of carbonyl (C=O) groups excluding carboxylic acids is 1. The molecule has 1 aromatic carbocycles. The van der Waals surface area contributed by atoms with Crippen LogP contribution in [0.4, 0.5) is 0 Å². The van der Waals surface area contributed by atoms with Crippen LogP contribution in [0.2, 0.25) is 0 Å². The standard InChI is InChI=1S/C18H24N2O3/c1-18(2,3)23-16(21)12-20-10-6-7-13(11-20)17-19-14-8-4-5-9-15(14)22-17/h4-5,8-9,13H,6-7,10-12H2,1-3H3. The van der Waals surface area contributed by atoms with E-state index >= 15 is 0 Å². The molecular formula is C18H24N2O3. The minimum absolute atomic E-state index is 0.171. The number of aromatic nitrogens is 1. The molecule has 3 rings (SSSR count). The molecule has 2 aromatic rings. The minimum atomic E-state index is -0.438. The molecule has 0 amide bonds. The normalized spacial score (nSPS) is 19.9. The molecule has 1 aromatic heterocycles. The number of hydrogen-bond donors (Lipinski definition) is 0. The zero-order chi connectivity index (χ0) is 16.4. The van der Waals surface area contributed by atoms with Crippen LogP contribution in [0.3, 0.4) is 0 Å². The van der Waals surface area contributed by atoms with E-state index in [2.05, 4.69) is 9.88 Å². The van der Waals surface area contributed by atoms with Crippen LogP contribution in [0, 0.1) is 0 Å². The van der Waals surface area contributed by atoms with Crippen molar-refractivity contribution >= 4 is 17.1 Å². The number of carbonyl (C=O) groups is 1. The number of rotatable bonds is 3. The Morgan fingerprint density at radius 3 is 2.91 bits per heavy atom. The maximum absolute atomic E-state index is 12.0. The average Bonchev–Trinajstić information content (AvgIpc) is 2.89. The van der Waals surface area contributed by atoms with E-state index in [-0.39, 0.29) is 11.9 Å². The third-order valence-electron chi connectivity index (χ3n) is 3.94. The summed E-state index contributed by atoms with van der Waals surface area (Å²) in [5, 5.41) is 0. The zero-order valence-electron chi connectivity index (χ0n) is 14.0. The fourth-order valence-electron chi connectivity index (χ4n) is 3.02. The molecule has 1 fully saturated rings. The van der Waals surface area contributed by atoms with Crippen LogP contribution in [-0.2, 0) is 9.53 Å². The third kappa shape index (κ3) is 4.10. The molecule has 2 heterocycles. The van der Waals surface area contributed by atoms with Crippen molar-refractivity contribution in [3.8, 4) is 0 Å². The minimum Gasteiger partial charge on any atom is -0.459 e. The number of oxazole rings is 1. The highest BCUT2D eigenvalue weighted by Gasteiger charge is 2.27. The number of hydrogen-bond acceptors (Lipinski definition) is 5. The van der Waals surface area contributed by atoms with E-state index in [0.29, 0.717) is 6.54 Å². The second kappa shape index (κ2) is 6.32. The van der Waals surface area contributed by atoms with E-state index in [9.17, 15) is 4.79 Å². The highest BCUT2D eigenvalue weighted by atomic mass is 16.6. The number of benzene rings is 1. The number of nitrogens with zero attached hydrogens (tertiary/aromatic N) is 2. The maximum Gasteiger partial charge on any atom is 0.320 e. The molecular weight excluding hydrogens is 292 g/mol. The molecule has 1 aliphatic rings. The van der Waals surface area contributed by atoms with Crippen molar-refractivity contribution < 1.29 is 13.9 Å².